The fourth-order valence-corrected chi connectivity index (χ4v) is 1.58. The van der Waals surface area contributed by atoms with E-state index in [1.165, 1.54) is 11.8 Å². The summed E-state index contributed by atoms with van der Waals surface area (Å²) in [6, 6.07) is 1.85. The molecule has 0 aliphatic carbocycles. The molecule has 0 bridgehead atoms. The normalized spacial score (nSPS) is 12.9. The van der Waals surface area contributed by atoms with E-state index in [0.29, 0.717) is 13.0 Å². The highest BCUT2D eigenvalue weighted by Gasteiger charge is 2.27. The lowest BCUT2D eigenvalue weighted by atomic mass is 10.3. The molecule has 6 heteroatoms. The van der Waals surface area contributed by atoms with Gasteiger partial charge in [-0.15, -0.1) is 0 Å². The molecular formula is C9H16N2O3S. The van der Waals surface area contributed by atoms with E-state index in [0.717, 1.165) is 6.26 Å². The van der Waals surface area contributed by atoms with Gasteiger partial charge < -0.3 is 4.90 Å². The van der Waals surface area contributed by atoms with Crippen molar-refractivity contribution in [3.63, 3.8) is 0 Å². The summed E-state index contributed by atoms with van der Waals surface area (Å²) in [6.07, 6.45) is 1.72. The van der Waals surface area contributed by atoms with Gasteiger partial charge in [-0.2, -0.15) is 5.26 Å². The molecule has 0 aliphatic heterocycles. The molecule has 1 amide bonds. The van der Waals surface area contributed by atoms with Crippen molar-refractivity contribution in [3.05, 3.63) is 0 Å². The zero-order chi connectivity index (χ0) is 12.1. The second-order valence-electron chi connectivity index (χ2n) is 3.39. The van der Waals surface area contributed by atoms with Crippen LogP contribution >= 0.6 is 0 Å². The van der Waals surface area contributed by atoms with Crippen molar-refractivity contribution in [2.45, 2.75) is 25.5 Å². The van der Waals surface area contributed by atoms with Crippen molar-refractivity contribution < 1.29 is 13.2 Å². The van der Waals surface area contributed by atoms with Crippen LogP contribution < -0.4 is 0 Å². The van der Waals surface area contributed by atoms with E-state index in [4.69, 9.17) is 5.26 Å². The predicted octanol–water partition coefficient (Wildman–Crippen LogP) is 0.182. The Morgan fingerprint density at radius 2 is 2.07 bits per heavy atom. The predicted molar refractivity (Wildman–Crippen MR) is 56.8 cm³/mol. The van der Waals surface area contributed by atoms with Gasteiger partial charge in [-0.3, -0.25) is 4.79 Å². The molecule has 0 radical (unpaired) electrons. The molecule has 0 spiro atoms. The maximum atomic E-state index is 11.7. The van der Waals surface area contributed by atoms with Gasteiger partial charge in [-0.1, -0.05) is 6.92 Å². The van der Waals surface area contributed by atoms with Crippen LogP contribution in [0.5, 0.6) is 0 Å². The number of nitrogens with zero attached hydrogens (tertiary/aromatic N) is 2. The van der Waals surface area contributed by atoms with E-state index >= 15 is 0 Å². The Bertz CT molecular complexity index is 356. The quantitative estimate of drug-likeness (QED) is 0.633. The lowest BCUT2D eigenvalue weighted by molar-refractivity contribution is -0.129. The van der Waals surface area contributed by atoms with Crippen LogP contribution in [0, 0.1) is 11.3 Å². The summed E-state index contributed by atoms with van der Waals surface area (Å²) in [6.45, 7) is 3.55. The first-order valence-corrected chi connectivity index (χ1v) is 6.64. The fourth-order valence-electron chi connectivity index (χ4n) is 1.06. The third-order valence-corrected chi connectivity index (χ3v) is 3.54. The monoisotopic (exact) mass is 232 g/mol. The average Bonchev–Trinajstić information content (AvgIpc) is 2.14. The van der Waals surface area contributed by atoms with Gasteiger partial charge in [-0.05, 0) is 13.3 Å². The SMILES string of the molecule is CCCN(CC#N)C(=O)C(C)S(C)(=O)=O. The smallest absolute Gasteiger partial charge is 0.241 e. The summed E-state index contributed by atoms with van der Waals surface area (Å²) < 4.78 is 22.3. The number of hydrogen-bond donors (Lipinski definition) is 0. The molecule has 1 atom stereocenters. The molecule has 0 fully saturated rings. The van der Waals surface area contributed by atoms with Crippen molar-refractivity contribution in [1.82, 2.24) is 4.90 Å². The minimum atomic E-state index is -3.38. The molecule has 15 heavy (non-hydrogen) atoms. The summed E-state index contributed by atoms with van der Waals surface area (Å²) in [7, 11) is -3.38. The zero-order valence-corrected chi connectivity index (χ0v) is 10.0. The van der Waals surface area contributed by atoms with Crippen molar-refractivity contribution in [2.24, 2.45) is 0 Å². The number of hydrogen-bond acceptors (Lipinski definition) is 4. The summed E-state index contributed by atoms with van der Waals surface area (Å²) in [4.78, 5) is 12.9. The highest BCUT2D eigenvalue weighted by Crippen LogP contribution is 2.04. The van der Waals surface area contributed by atoms with Crippen LogP contribution in [0.1, 0.15) is 20.3 Å². The molecule has 1 unspecified atom stereocenters. The Labute approximate surface area is 90.6 Å². The molecule has 0 N–H and O–H groups in total. The molecule has 0 aromatic rings. The largest absolute Gasteiger partial charge is 0.328 e. The van der Waals surface area contributed by atoms with Crippen LogP contribution in [-0.2, 0) is 14.6 Å². The molecule has 0 aromatic heterocycles. The topological polar surface area (TPSA) is 78.2 Å². The number of carbonyl (C=O) groups is 1. The van der Waals surface area contributed by atoms with Crippen molar-refractivity contribution >= 4 is 15.7 Å². The first-order chi connectivity index (χ1) is 6.84. The lowest BCUT2D eigenvalue weighted by Crippen LogP contribution is -2.41. The first kappa shape index (κ1) is 13.9. The number of rotatable bonds is 5. The van der Waals surface area contributed by atoms with Crippen molar-refractivity contribution in [2.75, 3.05) is 19.3 Å². The molecule has 0 heterocycles. The van der Waals surface area contributed by atoms with Gasteiger partial charge in [0.25, 0.3) is 0 Å². The van der Waals surface area contributed by atoms with Crippen molar-refractivity contribution in [1.29, 1.82) is 5.26 Å². The van der Waals surface area contributed by atoms with Gasteiger partial charge in [0.15, 0.2) is 9.84 Å². The Kier molecular flexibility index (Phi) is 5.29. The van der Waals surface area contributed by atoms with Crippen LogP contribution in [0.25, 0.3) is 0 Å². The van der Waals surface area contributed by atoms with Crippen molar-refractivity contribution in [3.8, 4) is 6.07 Å². The summed E-state index contributed by atoms with van der Waals surface area (Å²) >= 11 is 0. The molecule has 0 saturated heterocycles. The van der Waals surface area contributed by atoms with Gasteiger partial charge in [0.1, 0.15) is 11.8 Å². The van der Waals surface area contributed by atoms with Gasteiger partial charge in [-0.25, -0.2) is 8.42 Å². The van der Waals surface area contributed by atoms with Crippen LogP contribution in [-0.4, -0.2) is 43.8 Å². The zero-order valence-electron chi connectivity index (χ0n) is 9.23. The molecule has 86 valence electrons. The second kappa shape index (κ2) is 5.71. The minimum absolute atomic E-state index is 0.0630. The van der Waals surface area contributed by atoms with Crippen LogP contribution in [0.2, 0.25) is 0 Å². The molecular weight excluding hydrogens is 216 g/mol. The number of amides is 1. The standard InChI is InChI=1S/C9H16N2O3S/c1-4-6-11(7-5-10)9(12)8(2)15(3,13)14/h8H,4,6-7H2,1-3H3. The van der Waals surface area contributed by atoms with E-state index in [-0.39, 0.29) is 6.54 Å². The van der Waals surface area contributed by atoms with Gasteiger partial charge in [0, 0.05) is 12.8 Å². The number of sulfone groups is 1. The van der Waals surface area contributed by atoms with E-state index in [1.807, 2.05) is 13.0 Å². The Morgan fingerprint density at radius 1 is 1.53 bits per heavy atom. The lowest BCUT2D eigenvalue weighted by Gasteiger charge is -2.21. The Morgan fingerprint density at radius 3 is 2.40 bits per heavy atom. The van der Waals surface area contributed by atoms with Crippen LogP contribution in [0.4, 0.5) is 0 Å². The maximum Gasteiger partial charge on any atom is 0.241 e. The molecule has 0 aromatic carbocycles. The second-order valence-corrected chi connectivity index (χ2v) is 5.76. The molecule has 0 aliphatic rings. The average molecular weight is 232 g/mol. The van der Waals surface area contributed by atoms with Gasteiger partial charge >= 0.3 is 0 Å². The highest BCUT2D eigenvalue weighted by molar-refractivity contribution is 7.92. The number of nitriles is 1. The Balaban J connectivity index is 4.72. The first-order valence-electron chi connectivity index (χ1n) is 4.69. The van der Waals surface area contributed by atoms with E-state index < -0.39 is 21.0 Å². The molecule has 5 nitrogen and oxygen atoms in total. The number of carbonyl (C=O) groups excluding carboxylic acids is 1. The third-order valence-electron chi connectivity index (χ3n) is 2.06. The maximum absolute atomic E-state index is 11.7. The van der Waals surface area contributed by atoms with Gasteiger partial charge in [0.2, 0.25) is 5.91 Å². The van der Waals surface area contributed by atoms with E-state index in [9.17, 15) is 13.2 Å². The molecule has 0 rings (SSSR count). The minimum Gasteiger partial charge on any atom is -0.328 e. The Hall–Kier alpha value is -1.09. The summed E-state index contributed by atoms with van der Waals surface area (Å²) in [5, 5.41) is 7.43. The highest BCUT2D eigenvalue weighted by atomic mass is 32.2. The van der Waals surface area contributed by atoms with E-state index in [1.54, 1.807) is 0 Å². The summed E-state index contributed by atoms with van der Waals surface area (Å²) in [5.74, 6) is -0.499. The fraction of sp³-hybridized carbons (Fsp3) is 0.778. The third kappa shape index (κ3) is 4.30. The van der Waals surface area contributed by atoms with E-state index in [2.05, 4.69) is 0 Å². The van der Waals surface area contributed by atoms with Crippen LogP contribution in [0.3, 0.4) is 0 Å². The van der Waals surface area contributed by atoms with Crippen LogP contribution in [0.15, 0.2) is 0 Å². The summed E-state index contributed by atoms with van der Waals surface area (Å²) in [5.41, 5.74) is 0. The van der Waals surface area contributed by atoms with Gasteiger partial charge in [0.05, 0.1) is 6.07 Å². The molecule has 0 saturated carbocycles.